The first-order valence-electron chi connectivity index (χ1n) is 13.3. The number of aryl methyl sites for hydroxylation is 2. The lowest BCUT2D eigenvalue weighted by atomic mass is 10.1. The molecule has 1 aromatic heterocycles. The van der Waals surface area contributed by atoms with E-state index in [4.69, 9.17) is 21.3 Å². The van der Waals surface area contributed by atoms with Gasteiger partial charge in [0.2, 0.25) is 0 Å². The lowest BCUT2D eigenvalue weighted by molar-refractivity contribution is 0.0953. The number of amides is 1. The number of hydrogen-bond acceptors (Lipinski definition) is 3. The highest BCUT2D eigenvalue weighted by molar-refractivity contribution is 6.30. The van der Waals surface area contributed by atoms with E-state index in [-0.39, 0.29) is 5.91 Å². The number of rotatable bonds is 12. The molecule has 0 atom stereocenters. The van der Waals surface area contributed by atoms with Crippen LogP contribution in [0.3, 0.4) is 0 Å². The molecule has 0 unspecified atom stereocenters. The van der Waals surface area contributed by atoms with Gasteiger partial charge in [-0.3, -0.25) is 4.79 Å². The lowest BCUT2D eigenvalue weighted by Crippen LogP contribution is -2.24. The SMILES string of the molecule is O=C(NCCCCCc1nc2ccccc2n1CCCOc1ccc2ccccc2c1)c1ccc(Cl)cc1. The van der Waals surface area contributed by atoms with E-state index in [9.17, 15) is 4.79 Å². The summed E-state index contributed by atoms with van der Waals surface area (Å²) in [7, 11) is 0. The molecule has 6 heteroatoms. The molecular weight excluding hydrogens is 494 g/mol. The van der Waals surface area contributed by atoms with Gasteiger partial charge in [0.25, 0.3) is 5.91 Å². The Bertz CT molecular complexity index is 1510. The molecule has 0 radical (unpaired) electrons. The van der Waals surface area contributed by atoms with Crippen molar-refractivity contribution in [3.8, 4) is 5.75 Å². The predicted molar refractivity (Wildman–Crippen MR) is 155 cm³/mol. The van der Waals surface area contributed by atoms with Crippen molar-refractivity contribution in [3.05, 3.63) is 107 Å². The Kier molecular flexibility index (Phi) is 8.56. The number of imidazole rings is 1. The first kappa shape index (κ1) is 25.8. The van der Waals surface area contributed by atoms with Gasteiger partial charge in [0.1, 0.15) is 11.6 Å². The van der Waals surface area contributed by atoms with E-state index >= 15 is 0 Å². The van der Waals surface area contributed by atoms with Crippen LogP contribution in [0.15, 0.2) is 91.0 Å². The quantitative estimate of drug-likeness (QED) is 0.172. The van der Waals surface area contributed by atoms with Gasteiger partial charge in [-0.2, -0.15) is 0 Å². The molecule has 1 heterocycles. The average molecular weight is 526 g/mol. The second-order valence-corrected chi connectivity index (χ2v) is 9.89. The molecule has 0 spiro atoms. The summed E-state index contributed by atoms with van der Waals surface area (Å²) in [6, 6.07) is 29.9. The standard InChI is InChI=1S/C32H32ClN3O2/c33-27-17-14-25(15-18-27)32(37)34-20-7-1-2-13-31-35-29-11-5-6-12-30(29)36(31)21-8-22-38-28-19-16-24-9-3-4-10-26(24)23-28/h3-6,9-12,14-19,23H,1-2,7-8,13,20-22H2,(H,34,37). The van der Waals surface area contributed by atoms with E-state index in [1.54, 1.807) is 24.3 Å². The number of hydrogen-bond donors (Lipinski definition) is 1. The monoisotopic (exact) mass is 525 g/mol. The Morgan fingerprint density at radius 2 is 1.63 bits per heavy atom. The smallest absolute Gasteiger partial charge is 0.251 e. The van der Waals surface area contributed by atoms with Crippen LogP contribution in [-0.2, 0) is 13.0 Å². The molecule has 5 nitrogen and oxygen atoms in total. The molecule has 0 aliphatic heterocycles. The summed E-state index contributed by atoms with van der Waals surface area (Å²) in [5.74, 6) is 1.96. The molecule has 38 heavy (non-hydrogen) atoms. The fraction of sp³-hybridized carbons (Fsp3) is 0.250. The summed E-state index contributed by atoms with van der Waals surface area (Å²) in [4.78, 5) is 17.2. The molecule has 0 aliphatic carbocycles. The number of nitrogens with zero attached hydrogens (tertiary/aromatic N) is 2. The molecule has 5 aromatic rings. The summed E-state index contributed by atoms with van der Waals surface area (Å²) in [6.45, 7) is 2.17. The zero-order chi connectivity index (χ0) is 26.2. The number of unbranched alkanes of at least 4 members (excludes halogenated alkanes) is 2. The maximum atomic E-state index is 12.3. The van der Waals surface area contributed by atoms with E-state index in [1.165, 1.54) is 16.3 Å². The van der Waals surface area contributed by atoms with Crippen LogP contribution in [0.1, 0.15) is 41.9 Å². The minimum Gasteiger partial charge on any atom is -0.494 e. The second kappa shape index (κ2) is 12.6. The van der Waals surface area contributed by atoms with Gasteiger partial charge in [0.15, 0.2) is 0 Å². The molecular formula is C32H32ClN3O2. The van der Waals surface area contributed by atoms with Crippen LogP contribution in [0.4, 0.5) is 0 Å². The van der Waals surface area contributed by atoms with Crippen molar-refractivity contribution in [2.75, 3.05) is 13.2 Å². The minimum atomic E-state index is -0.0608. The zero-order valence-corrected chi connectivity index (χ0v) is 22.2. The van der Waals surface area contributed by atoms with Crippen molar-refractivity contribution in [1.82, 2.24) is 14.9 Å². The molecule has 1 N–H and O–H groups in total. The Hall–Kier alpha value is -3.83. The molecule has 0 saturated carbocycles. The molecule has 0 fully saturated rings. The van der Waals surface area contributed by atoms with Gasteiger partial charge >= 0.3 is 0 Å². The van der Waals surface area contributed by atoms with E-state index in [2.05, 4.69) is 64.5 Å². The highest BCUT2D eigenvalue weighted by atomic mass is 35.5. The highest BCUT2D eigenvalue weighted by Gasteiger charge is 2.11. The van der Waals surface area contributed by atoms with Gasteiger partial charge in [-0.15, -0.1) is 0 Å². The van der Waals surface area contributed by atoms with Crippen molar-refractivity contribution >= 4 is 39.3 Å². The van der Waals surface area contributed by atoms with E-state index < -0.39 is 0 Å². The van der Waals surface area contributed by atoms with Crippen LogP contribution in [0, 0.1) is 0 Å². The Labute approximate surface area is 228 Å². The fourth-order valence-electron chi connectivity index (χ4n) is 4.73. The second-order valence-electron chi connectivity index (χ2n) is 9.45. The largest absolute Gasteiger partial charge is 0.494 e. The number of carbonyl (C=O) groups is 1. The summed E-state index contributed by atoms with van der Waals surface area (Å²) < 4.78 is 8.41. The molecule has 0 saturated heterocycles. The average Bonchev–Trinajstić information content (AvgIpc) is 3.30. The molecule has 5 rings (SSSR count). The van der Waals surface area contributed by atoms with Crippen LogP contribution >= 0.6 is 11.6 Å². The van der Waals surface area contributed by atoms with Crippen molar-refractivity contribution < 1.29 is 9.53 Å². The predicted octanol–water partition coefficient (Wildman–Crippen LogP) is 7.45. The van der Waals surface area contributed by atoms with Crippen molar-refractivity contribution in [3.63, 3.8) is 0 Å². The normalized spacial score (nSPS) is 11.2. The zero-order valence-electron chi connectivity index (χ0n) is 21.4. The number of halogens is 1. The topological polar surface area (TPSA) is 56.2 Å². The van der Waals surface area contributed by atoms with Gasteiger partial charge in [0.05, 0.1) is 17.6 Å². The minimum absolute atomic E-state index is 0.0608. The Balaban J connectivity index is 1.10. The Morgan fingerprint density at radius 1 is 0.842 bits per heavy atom. The van der Waals surface area contributed by atoms with Crippen LogP contribution in [0.25, 0.3) is 21.8 Å². The number of ether oxygens (including phenoxy) is 1. The number of benzene rings is 4. The van der Waals surface area contributed by atoms with Crippen molar-refractivity contribution in [1.29, 1.82) is 0 Å². The van der Waals surface area contributed by atoms with Gasteiger partial charge in [-0.05, 0) is 78.6 Å². The maximum absolute atomic E-state index is 12.3. The third-order valence-corrected chi connectivity index (χ3v) is 6.97. The fourth-order valence-corrected chi connectivity index (χ4v) is 4.85. The van der Waals surface area contributed by atoms with Gasteiger partial charge in [-0.1, -0.05) is 60.5 Å². The summed E-state index contributed by atoms with van der Waals surface area (Å²) in [5, 5.41) is 6.03. The number of fused-ring (bicyclic) bond motifs is 2. The van der Waals surface area contributed by atoms with E-state index in [0.29, 0.717) is 23.7 Å². The number of carbonyl (C=O) groups excluding carboxylic acids is 1. The molecule has 0 aliphatic rings. The van der Waals surface area contributed by atoms with Crippen LogP contribution in [-0.4, -0.2) is 28.6 Å². The first-order chi connectivity index (χ1) is 18.7. The summed E-state index contributed by atoms with van der Waals surface area (Å²) >= 11 is 5.90. The first-order valence-corrected chi connectivity index (χ1v) is 13.6. The number of aromatic nitrogens is 2. The number of para-hydroxylation sites is 2. The molecule has 1 amide bonds. The van der Waals surface area contributed by atoms with Crippen LogP contribution < -0.4 is 10.1 Å². The van der Waals surface area contributed by atoms with Crippen molar-refractivity contribution in [2.45, 2.75) is 38.6 Å². The van der Waals surface area contributed by atoms with Crippen molar-refractivity contribution in [2.24, 2.45) is 0 Å². The van der Waals surface area contributed by atoms with E-state index in [1.807, 2.05) is 12.1 Å². The molecule has 4 aromatic carbocycles. The summed E-state index contributed by atoms with van der Waals surface area (Å²) in [6.07, 6.45) is 4.78. The highest BCUT2D eigenvalue weighted by Crippen LogP contribution is 2.22. The Morgan fingerprint density at radius 3 is 2.50 bits per heavy atom. The third kappa shape index (κ3) is 6.53. The van der Waals surface area contributed by atoms with Gasteiger partial charge < -0.3 is 14.6 Å². The third-order valence-electron chi connectivity index (χ3n) is 6.72. The molecule has 194 valence electrons. The van der Waals surface area contributed by atoms with Gasteiger partial charge in [0, 0.05) is 30.1 Å². The maximum Gasteiger partial charge on any atom is 0.251 e. The lowest BCUT2D eigenvalue weighted by Gasteiger charge is -2.11. The van der Waals surface area contributed by atoms with E-state index in [0.717, 1.165) is 55.7 Å². The van der Waals surface area contributed by atoms with Gasteiger partial charge in [-0.25, -0.2) is 4.98 Å². The molecule has 0 bridgehead atoms. The van der Waals surface area contributed by atoms with Crippen LogP contribution in [0.5, 0.6) is 5.75 Å². The number of nitrogens with one attached hydrogen (secondary N) is 1. The summed E-state index contributed by atoms with van der Waals surface area (Å²) in [5.41, 5.74) is 2.84. The van der Waals surface area contributed by atoms with Crippen LogP contribution in [0.2, 0.25) is 5.02 Å².